The SMILES string of the molecule is O=C(C=Cc1cccc(Cl)c1)OCC(=O)N1CCc2ccccc21. The van der Waals surface area contributed by atoms with E-state index in [1.54, 1.807) is 29.2 Å². The number of carbonyl (C=O) groups is 2. The maximum absolute atomic E-state index is 12.2. The molecule has 4 nitrogen and oxygen atoms in total. The summed E-state index contributed by atoms with van der Waals surface area (Å²) in [5.74, 6) is -0.778. The Bertz CT molecular complexity index is 801. The van der Waals surface area contributed by atoms with E-state index < -0.39 is 5.97 Å². The number of hydrogen-bond donors (Lipinski definition) is 0. The van der Waals surface area contributed by atoms with Gasteiger partial charge < -0.3 is 9.64 Å². The zero-order valence-corrected chi connectivity index (χ0v) is 13.7. The molecule has 0 N–H and O–H groups in total. The number of nitrogens with zero attached hydrogens (tertiary/aromatic N) is 1. The van der Waals surface area contributed by atoms with Crippen molar-refractivity contribution in [2.24, 2.45) is 0 Å². The van der Waals surface area contributed by atoms with E-state index in [4.69, 9.17) is 16.3 Å². The van der Waals surface area contributed by atoms with Gasteiger partial charge in [-0.15, -0.1) is 0 Å². The minimum Gasteiger partial charge on any atom is -0.452 e. The molecule has 2 aromatic rings. The van der Waals surface area contributed by atoms with Crippen LogP contribution in [0, 0.1) is 0 Å². The zero-order valence-electron chi connectivity index (χ0n) is 12.9. The number of anilines is 1. The second-order valence-corrected chi connectivity index (χ2v) is 5.86. The molecule has 0 unspecified atom stereocenters. The molecule has 0 radical (unpaired) electrons. The van der Waals surface area contributed by atoms with Gasteiger partial charge >= 0.3 is 5.97 Å². The molecule has 24 heavy (non-hydrogen) atoms. The lowest BCUT2D eigenvalue weighted by Crippen LogP contribution is -2.33. The molecule has 122 valence electrons. The molecule has 0 fully saturated rings. The number of amides is 1. The van der Waals surface area contributed by atoms with Crippen LogP contribution in [0.15, 0.2) is 54.6 Å². The van der Waals surface area contributed by atoms with Crippen LogP contribution in [0.25, 0.3) is 6.08 Å². The average molecular weight is 342 g/mol. The first-order valence-electron chi connectivity index (χ1n) is 7.62. The summed E-state index contributed by atoms with van der Waals surface area (Å²) in [6, 6.07) is 14.9. The van der Waals surface area contributed by atoms with E-state index in [9.17, 15) is 9.59 Å². The molecule has 0 aliphatic carbocycles. The number of halogens is 1. The standard InChI is InChI=1S/C19H16ClNO3/c20-16-6-3-4-14(12-16)8-9-19(23)24-13-18(22)21-11-10-15-5-1-2-7-17(15)21/h1-9,12H,10-11,13H2. The van der Waals surface area contributed by atoms with Crippen molar-refractivity contribution in [3.63, 3.8) is 0 Å². The Hall–Kier alpha value is -2.59. The number of ether oxygens (including phenoxy) is 1. The maximum atomic E-state index is 12.2. The Morgan fingerprint density at radius 2 is 2.00 bits per heavy atom. The molecule has 0 aromatic heterocycles. The highest BCUT2D eigenvalue weighted by Gasteiger charge is 2.24. The van der Waals surface area contributed by atoms with Crippen molar-refractivity contribution in [2.45, 2.75) is 6.42 Å². The lowest BCUT2D eigenvalue weighted by Gasteiger charge is -2.16. The fourth-order valence-electron chi connectivity index (χ4n) is 2.63. The molecule has 0 spiro atoms. The van der Waals surface area contributed by atoms with Gasteiger partial charge in [0.1, 0.15) is 0 Å². The number of benzene rings is 2. The number of rotatable bonds is 4. The second-order valence-electron chi connectivity index (χ2n) is 5.42. The Kier molecular flexibility index (Phi) is 4.96. The third-order valence-corrected chi connectivity index (χ3v) is 4.02. The van der Waals surface area contributed by atoms with E-state index in [1.165, 1.54) is 6.08 Å². The van der Waals surface area contributed by atoms with E-state index in [2.05, 4.69) is 0 Å². The molecule has 0 atom stereocenters. The summed E-state index contributed by atoms with van der Waals surface area (Å²) in [7, 11) is 0. The largest absolute Gasteiger partial charge is 0.452 e. The summed E-state index contributed by atoms with van der Waals surface area (Å²) in [5, 5.41) is 0.591. The summed E-state index contributed by atoms with van der Waals surface area (Å²) in [6.07, 6.45) is 3.71. The van der Waals surface area contributed by atoms with Crippen molar-refractivity contribution in [3.8, 4) is 0 Å². The summed E-state index contributed by atoms with van der Waals surface area (Å²) in [4.78, 5) is 25.6. The minimum atomic E-state index is -0.559. The van der Waals surface area contributed by atoms with Gasteiger partial charge in [0.2, 0.25) is 0 Å². The van der Waals surface area contributed by atoms with Crippen molar-refractivity contribution < 1.29 is 14.3 Å². The molecule has 1 heterocycles. The van der Waals surface area contributed by atoms with Crippen molar-refractivity contribution in [3.05, 3.63) is 70.8 Å². The molecule has 0 saturated heterocycles. The molecular weight excluding hydrogens is 326 g/mol. The van der Waals surface area contributed by atoms with Crippen molar-refractivity contribution in [1.82, 2.24) is 0 Å². The quantitative estimate of drug-likeness (QED) is 0.631. The van der Waals surface area contributed by atoms with Crippen LogP contribution in [0.1, 0.15) is 11.1 Å². The lowest BCUT2D eigenvalue weighted by molar-refractivity contribution is -0.142. The van der Waals surface area contributed by atoms with Crippen LogP contribution < -0.4 is 4.90 Å². The molecular formula is C19H16ClNO3. The Labute approximate surface area is 145 Å². The number of fused-ring (bicyclic) bond motifs is 1. The van der Waals surface area contributed by atoms with E-state index in [1.807, 2.05) is 30.3 Å². The van der Waals surface area contributed by atoms with Crippen LogP contribution in [0.5, 0.6) is 0 Å². The van der Waals surface area contributed by atoms with E-state index >= 15 is 0 Å². The zero-order chi connectivity index (χ0) is 16.9. The van der Waals surface area contributed by atoms with Crippen LogP contribution >= 0.6 is 11.6 Å². The van der Waals surface area contributed by atoms with Gasteiger partial charge in [-0.1, -0.05) is 41.9 Å². The number of hydrogen-bond acceptors (Lipinski definition) is 3. The van der Waals surface area contributed by atoms with Gasteiger partial charge in [0.25, 0.3) is 5.91 Å². The van der Waals surface area contributed by atoms with E-state index in [0.29, 0.717) is 11.6 Å². The third kappa shape index (κ3) is 3.84. The molecule has 2 aromatic carbocycles. The van der Waals surface area contributed by atoms with Gasteiger partial charge in [0, 0.05) is 23.3 Å². The Morgan fingerprint density at radius 3 is 2.83 bits per heavy atom. The lowest BCUT2D eigenvalue weighted by atomic mass is 10.2. The van der Waals surface area contributed by atoms with Gasteiger partial charge in [-0.2, -0.15) is 0 Å². The van der Waals surface area contributed by atoms with Crippen LogP contribution in [-0.4, -0.2) is 25.0 Å². The summed E-state index contributed by atoms with van der Waals surface area (Å²) in [5.41, 5.74) is 2.82. The number of carbonyl (C=O) groups excluding carboxylic acids is 2. The first-order chi connectivity index (χ1) is 11.6. The van der Waals surface area contributed by atoms with Gasteiger partial charge in [-0.05, 0) is 41.8 Å². The average Bonchev–Trinajstić information content (AvgIpc) is 3.02. The first kappa shape index (κ1) is 16.3. The van der Waals surface area contributed by atoms with Gasteiger partial charge in [-0.25, -0.2) is 4.79 Å². The smallest absolute Gasteiger partial charge is 0.331 e. The monoisotopic (exact) mass is 341 g/mol. The predicted molar refractivity (Wildman–Crippen MR) is 93.9 cm³/mol. The highest BCUT2D eigenvalue weighted by Crippen LogP contribution is 2.27. The van der Waals surface area contributed by atoms with E-state index in [-0.39, 0.29) is 12.5 Å². The molecule has 1 aliphatic heterocycles. The van der Waals surface area contributed by atoms with Crippen molar-refractivity contribution >= 4 is 35.2 Å². The molecule has 3 rings (SSSR count). The first-order valence-corrected chi connectivity index (χ1v) is 8.00. The Balaban J connectivity index is 1.54. The second kappa shape index (κ2) is 7.32. The molecule has 1 amide bonds. The summed E-state index contributed by atoms with van der Waals surface area (Å²) < 4.78 is 5.03. The van der Waals surface area contributed by atoms with Crippen LogP contribution in [-0.2, 0) is 20.7 Å². The van der Waals surface area contributed by atoms with Crippen molar-refractivity contribution in [1.29, 1.82) is 0 Å². The van der Waals surface area contributed by atoms with Gasteiger partial charge in [0.15, 0.2) is 6.61 Å². The fraction of sp³-hybridized carbons (Fsp3) is 0.158. The number of esters is 1. The van der Waals surface area contributed by atoms with Gasteiger partial charge in [0.05, 0.1) is 0 Å². The molecule has 0 bridgehead atoms. The normalized spacial score (nSPS) is 13.1. The summed E-state index contributed by atoms with van der Waals surface area (Å²) >= 11 is 5.88. The number of para-hydroxylation sites is 1. The minimum absolute atomic E-state index is 0.218. The Morgan fingerprint density at radius 1 is 1.17 bits per heavy atom. The van der Waals surface area contributed by atoms with Crippen LogP contribution in [0.2, 0.25) is 5.02 Å². The van der Waals surface area contributed by atoms with E-state index in [0.717, 1.165) is 23.2 Å². The molecule has 5 heteroatoms. The third-order valence-electron chi connectivity index (χ3n) is 3.79. The highest BCUT2D eigenvalue weighted by atomic mass is 35.5. The van der Waals surface area contributed by atoms with Crippen LogP contribution in [0.4, 0.5) is 5.69 Å². The fourth-order valence-corrected chi connectivity index (χ4v) is 2.83. The summed E-state index contributed by atoms with van der Waals surface area (Å²) in [6.45, 7) is 0.348. The molecule has 1 aliphatic rings. The van der Waals surface area contributed by atoms with Crippen molar-refractivity contribution in [2.75, 3.05) is 18.1 Å². The van der Waals surface area contributed by atoms with Crippen LogP contribution in [0.3, 0.4) is 0 Å². The van der Waals surface area contributed by atoms with Gasteiger partial charge in [-0.3, -0.25) is 4.79 Å². The molecule has 0 saturated carbocycles. The topological polar surface area (TPSA) is 46.6 Å². The highest BCUT2D eigenvalue weighted by molar-refractivity contribution is 6.30. The predicted octanol–water partition coefficient (Wildman–Crippen LogP) is 3.49. The maximum Gasteiger partial charge on any atom is 0.331 e.